The highest BCUT2D eigenvalue weighted by molar-refractivity contribution is 9.10. The van der Waals surface area contributed by atoms with Crippen LogP contribution in [0.4, 0.5) is 5.69 Å². The highest BCUT2D eigenvalue weighted by atomic mass is 79.9. The molecule has 0 spiro atoms. The van der Waals surface area contributed by atoms with Crippen LogP contribution in [-0.4, -0.2) is 21.0 Å². The van der Waals surface area contributed by atoms with Gasteiger partial charge >= 0.3 is 0 Å². The van der Waals surface area contributed by atoms with Gasteiger partial charge in [0.1, 0.15) is 17.9 Å². The average molecular weight is 559 g/mol. The van der Waals surface area contributed by atoms with Crippen LogP contribution in [0.5, 0.6) is 5.75 Å². The molecule has 0 atom stereocenters. The molecular formula is C27H19BrN4O3S. The van der Waals surface area contributed by atoms with Gasteiger partial charge in [0, 0.05) is 28.1 Å². The number of hydrogen-bond acceptors (Lipinski definition) is 6. The monoisotopic (exact) mass is 558 g/mol. The fourth-order valence-corrected chi connectivity index (χ4v) is 4.01. The second-order valence-electron chi connectivity index (χ2n) is 7.80. The number of rotatable bonds is 6. The third-order valence-corrected chi connectivity index (χ3v) is 5.83. The number of fused-ring (bicyclic) bond motifs is 1. The molecule has 5 rings (SSSR count). The van der Waals surface area contributed by atoms with Crippen molar-refractivity contribution in [3.8, 4) is 17.2 Å². The number of pyridine rings is 1. The molecule has 2 aromatic heterocycles. The Morgan fingerprint density at radius 2 is 1.81 bits per heavy atom. The van der Waals surface area contributed by atoms with Crippen LogP contribution in [0.25, 0.3) is 22.6 Å². The Balaban J connectivity index is 1.19. The normalized spacial score (nSPS) is 10.7. The first-order valence-electron chi connectivity index (χ1n) is 10.9. The second-order valence-corrected chi connectivity index (χ2v) is 9.12. The van der Waals surface area contributed by atoms with Crippen molar-refractivity contribution in [1.82, 2.24) is 15.3 Å². The van der Waals surface area contributed by atoms with E-state index in [9.17, 15) is 4.79 Å². The minimum atomic E-state index is -0.325. The lowest BCUT2D eigenvalue weighted by Gasteiger charge is -2.10. The van der Waals surface area contributed by atoms with Gasteiger partial charge in [-0.3, -0.25) is 15.1 Å². The van der Waals surface area contributed by atoms with Crippen molar-refractivity contribution in [2.45, 2.75) is 6.61 Å². The predicted molar refractivity (Wildman–Crippen MR) is 146 cm³/mol. The molecule has 2 heterocycles. The van der Waals surface area contributed by atoms with E-state index in [4.69, 9.17) is 21.4 Å². The zero-order chi connectivity index (χ0) is 24.9. The Labute approximate surface area is 220 Å². The first kappa shape index (κ1) is 23.7. The molecular weight excluding hydrogens is 540 g/mol. The number of amides is 1. The summed E-state index contributed by atoms with van der Waals surface area (Å²) < 4.78 is 12.4. The van der Waals surface area contributed by atoms with Gasteiger partial charge in [-0.15, -0.1) is 0 Å². The van der Waals surface area contributed by atoms with Crippen molar-refractivity contribution < 1.29 is 13.9 Å². The Bertz CT molecular complexity index is 1540. The number of anilines is 1. The van der Waals surface area contributed by atoms with E-state index in [1.54, 1.807) is 54.9 Å². The summed E-state index contributed by atoms with van der Waals surface area (Å²) in [6, 6.07) is 24.0. The SMILES string of the molecule is O=C(NC(=S)Nc1ccc2oc(-c3cncc(Br)c3)nc2c1)c1ccc(OCc2ccccc2)cc1. The summed E-state index contributed by atoms with van der Waals surface area (Å²) in [4.78, 5) is 21.3. The zero-order valence-electron chi connectivity index (χ0n) is 18.8. The van der Waals surface area contributed by atoms with E-state index in [1.807, 2.05) is 36.4 Å². The van der Waals surface area contributed by atoms with Gasteiger partial charge in [-0.2, -0.15) is 0 Å². The maximum Gasteiger partial charge on any atom is 0.257 e. The molecule has 7 nitrogen and oxygen atoms in total. The number of carbonyl (C=O) groups excluding carboxylic acids is 1. The van der Waals surface area contributed by atoms with E-state index < -0.39 is 0 Å². The molecule has 0 fully saturated rings. The highest BCUT2D eigenvalue weighted by Gasteiger charge is 2.12. The summed E-state index contributed by atoms with van der Waals surface area (Å²) in [5.41, 5.74) is 4.24. The third kappa shape index (κ3) is 5.76. The predicted octanol–water partition coefficient (Wildman–Crippen LogP) is 6.36. The van der Waals surface area contributed by atoms with Crippen LogP contribution >= 0.6 is 28.1 Å². The van der Waals surface area contributed by atoms with Crippen molar-refractivity contribution >= 4 is 56.0 Å². The minimum absolute atomic E-state index is 0.170. The van der Waals surface area contributed by atoms with Crippen LogP contribution in [0, 0.1) is 0 Å². The van der Waals surface area contributed by atoms with Gasteiger partial charge in [0.2, 0.25) is 5.89 Å². The van der Waals surface area contributed by atoms with Gasteiger partial charge in [0.05, 0.1) is 5.56 Å². The Morgan fingerprint density at radius 3 is 2.58 bits per heavy atom. The van der Waals surface area contributed by atoms with E-state index in [0.717, 1.165) is 15.6 Å². The summed E-state index contributed by atoms with van der Waals surface area (Å²) in [6.45, 7) is 0.456. The van der Waals surface area contributed by atoms with Gasteiger partial charge in [-0.25, -0.2) is 4.98 Å². The van der Waals surface area contributed by atoms with Crippen molar-refractivity contribution in [3.05, 3.63) is 107 Å². The van der Waals surface area contributed by atoms with E-state index in [0.29, 0.717) is 40.6 Å². The van der Waals surface area contributed by atoms with Crippen LogP contribution in [-0.2, 0) is 6.61 Å². The topological polar surface area (TPSA) is 89.3 Å². The molecule has 0 saturated carbocycles. The van der Waals surface area contributed by atoms with Gasteiger partial charge in [0.25, 0.3) is 5.91 Å². The number of aromatic nitrogens is 2. The molecule has 5 aromatic rings. The Morgan fingerprint density at radius 1 is 1.00 bits per heavy atom. The van der Waals surface area contributed by atoms with Gasteiger partial charge < -0.3 is 14.5 Å². The maximum absolute atomic E-state index is 12.6. The Kier molecular flexibility index (Phi) is 7.01. The second kappa shape index (κ2) is 10.7. The molecule has 0 bridgehead atoms. The number of carbonyl (C=O) groups is 1. The molecule has 0 aliphatic rings. The first-order chi connectivity index (χ1) is 17.5. The van der Waals surface area contributed by atoms with Crippen LogP contribution < -0.4 is 15.4 Å². The largest absolute Gasteiger partial charge is 0.489 e. The summed E-state index contributed by atoms with van der Waals surface area (Å²) >= 11 is 8.73. The Hall–Kier alpha value is -4.08. The van der Waals surface area contributed by atoms with Crippen molar-refractivity contribution in [3.63, 3.8) is 0 Å². The molecule has 0 aliphatic carbocycles. The summed E-state index contributed by atoms with van der Waals surface area (Å²) in [5.74, 6) is 0.812. The number of oxazole rings is 1. The van der Waals surface area contributed by atoms with Crippen molar-refractivity contribution in [2.75, 3.05) is 5.32 Å². The first-order valence-corrected chi connectivity index (χ1v) is 12.1. The molecule has 0 saturated heterocycles. The molecule has 36 heavy (non-hydrogen) atoms. The number of hydrogen-bond donors (Lipinski definition) is 2. The van der Waals surface area contributed by atoms with E-state index >= 15 is 0 Å². The maximum atomic E-state index is 12.6. The molecule has 1 amide bonds. The van der Waals surface area contributed by atoms with Crippen LogP contribution in [0.2, 0.25) is 0 Å². The highest BCUT2D eigenvalue weighted by Crippen LogP contribution is 2.27. The lowest BCUT2D eigenvalue weighted by molar-refractivity contribution is 0.0977. The summed E-state index contributed by atoms with van der Waals surface area (Å²) in [5, 5.41) is 5.88. The van der Waals surface area contributed by atoms with Gasteiger partial charge in [-0.05, 0) is 82.2 Å². The number of ether oxygens (including phenoxy) is 1. The molecule has 9 heteroatoms. The third-order valence-electron chi connectivity index (χ3n) is 5.19. The molecule has 178 valence electrons. The fraction of sp³-hybridized carbons (Fsp3) is 0.0370. The average Bonchev–Trinajstić information content (AvgIpc) is 3.32. The van der Waals surface area contributed by atoms with E-state index in [-0.39, 0.29) is 11.0 Å². The number of nitrogens with one attached hydrogen (secondary N) is 2. The molecule has 0 unspecified atom stereocenters. The van der Waals surface area contributed by atoms with Crippen LogP contribution in [0.15, 0.2) is 100 Å². The molecule has 0 aliphatic heterocycles. The summed E-state index contributed by atoms with van der Waals surface area (Å²) in [6.07, 6.45) is 3.37. The number of nitrogens with zero attached hydrogens (tertiary/aromatic N) is 2. The number of benzene rings is 3. The van der Waals surface area contributed by atoms with Crippen molar-refractivity contribution in [1.29, 1.82) is 0 Å². The molecule has 0 radical (unpaired) electrons. The van der Waals surface area contributed by atoms with Crippen molar-refractivity contribution in [2.24, 2.45) is 0 Å². The number of thiocarbonyl (C=S) groups is 1. The standard InChI is InChI=1S/C27H19BrN4O3S/c28-20-12-19(14-29-15-20)26-31-23-13-21(8-11-24(23)35-26)30-27(36)32-25(33)18-6-9-22(10-7-18)34-16-17-4-2-1-3-5-17/h1-15H,16H2,(H2,30,32,33,36). The van der Waals surface area contributed by atoms with Gasteiger partial charge in [-0.1, -0.05) is 30.3 Å². The van der Waals surface area contributed by atoms with Crippen LogP contribution in [0.1, 0.15) is 15.9 Å². The fourth-order valence-electron chi connectivity index (χ4n) is 3.44. The number of halogens is 1. The smallest absolute Gasteiger partial charge is 0.257 e. The summed E-state index contributed by atoms with van der Waals surface area (Å²) in [7, 11) is 0. The quantitative estimate of drug-likeness (QED) is 0.234. The van der Waals surface area contributed by atoms with E-state index in [2.05, 4.69) is 36.5 Å². The van der Waals surface area contributed by atoms with Gasteiger partial charge in [0.15, 0.2) is 10.7 Å². The zero-order valence-corrected chi connectivity index (χ0v) is 21.2. The van der Waals surface area contributed by atoms with Crippen LogP contribution in [0.3, 0.4) is 0 Å². The molecule has 2 N–H and O–H groups in total. The molecule has 3 aromatic carbocycles. The van der Waals surface area contributed by atoms with E-state index in [1.165, 1.54) is 0 Å². The lowest BCUT2D eigenvalue weighted by Crippen LogP contribution is -2.34. The lowest BCUT2D eigenvalue weighted by atomic mass is 10.2. The minimum Gasteiger partial charge on any atom is -0.489 e.